The number of hydrogen-bond acceptors (Lipinski definition) is 6. The zero-order valence-electron chi connectivity index (χ0n) is 17.5. The molecule has 6 nitrogen and oxygen atoms in total. The minimum Gasteiger partial charge on any atom is -0.503 e. The van der Waals surface area contributed by atoms with Gasteiger partial charge in [-0.2, -0.15) is 0 Å². The molecular weight excluding hydrogens is 396 g/mol. The molecule has 3 aromatic rings. The molecule has 3 aromatic carbocycles. The van der Waals surface area contributed by atoms with Gasteiger partial charge in [0, 0.05) is 11.6 Å². The van der Waals surface area contributed by atoms with Gasteiger partial charge in [0.25, 0.3) is 0 Å². The molecule has 0 N–H and O–H groups in total. The van der Waals surface area contributed by atoms with Gasteiger partial charge in [0.15, 0.2) is 5.78 Å². The molecule has 0 unspecified atom stereocenters. The lowest BCUT2D eigenvalue weighted by atomic mass is 10.1. The number of para-hydroxylation sites is 2. The Morgan fingerprint density at radius 2 is 1.45 bits per heavy atom. The van der Waals surface area contributed by atoms with Crippen molar-refractivity contribution in [2.75, 3.05) is 14.2 Å². The van der Waals surface area contributed by atoms with Crippen LogP contribution in [0.25, 0.3) is 5.57 Å². The summed E-state index contributed by atoms with van der Waals surface area (Å²) in [7, 11) is 2.72. The molecule has 158 valence electrons. The predicted octanol–water partition coefficient (Wildman–Crippen LogP) is 5.63. The van der Waals surface area contributed by atoms with Gasteiger partial charge >= 0.3 is 5.97 Å². The summed E-state index contributed by atoms with van der Waals surface area (Å²) in [6.07, 6.45) is 1.29. The third-order valence-electron chi connectivity index (χ3n) is 4.35. The fourth-order valence-electron chi connectivity index (χ4n) is 2.91. The van der Waals surface area contributed by atoms with E-state index in [0.29, 0.717) is 34.1 Å². The Labute approximate surface area is 180 Å². The lowest BCUT2D eigenvalue weighted by Gasteiger charge is -2.15. The molecule has 0 aromatic heterocycles. The first-order valence-corrected chi connectivity index (χ1v) is 9.50. The van der Waals surface area contributed by atoms with Gasteiger partial charge in [-0.25, -0.2) is 4.79 Å². The van der Waals surface area contributed by atoms with Crippen molar-refractivity contribution in [3.05, 3.63) is 90.2 Å². The number of methoxy groups -OCH3 is 2. The maximum Gasteiger partial charge on any atom is 0.341 e. The lowest BCUT2D eigenvalue weighted by Crippen LogP contribution is -2.06. The SMILES string of the molecule is COC=C(C(=O)OC)c1ccccc1Oc1cc(Oc2ccccc2)ccc1C(C)=O. The van der Waals surface area contributed by atoms with Crippen LogP contribution in [0, 0.1) is 0 Å². The third kappa shape index (κ3) is 5.30. The van der Waals surface area contributed by atoms with E-state index in [-0.39, 0.29) is 11.4 Å². The second-order valence-corrected chi connectivity index (χ2v) is 6.49. The van der Waals surface area contributed by atoms with Crippen LogP contribution in [0.5, 0.6) is 23.0 Å². The standard InChI is InChI=1S/C25H22O6/c1-17(26)20-14-13-19(30-18-9-5-4-6-10-18)15-24(20)31-23-12-8-7-11-21(23)22(16-28-2)25(27)29-3/h4-16H,1-3H3. The molecule has 0 aliphatic heterocycles. The monoisotopic (exact) mass is 418 g/mol. The van der Waals surface area contributed by atoms with Crippen molar-refractivity contribution in [2.45, 2.75) is 6.92 Å². The summed E-state index contributed by atoms with van der Waals surface area (Å²) in [4.78, 5) is 24.4. The molecule has 0 bridgehead atoms. The number of ketones is 1. The van der Waals surface area contributed by atoms with Crippen LogP contribution in [-0.4, -0.2) is 26.0 Å². The van der Waals surface area contributed by atoms with Gasteiger partial charge in [0.05, 0.1) is 26.0 Å². The van der Waals surface area contributed by atoms with Crippen molar-refractivity contribution in [2.24, 2.45) is 0 Å². The van der Waals surface area contributed by atoms with Gasteiger partial charge in [0.1, 0.15) is 28.6 Å². The fraction of sp³-hybridized carbons (Fsp3) is 0.120. The first-order valence-electron chi connectivity index (χ1n) is 9.50. The number of rotatable bonds is 8. The number of ether oxygens (including phenoxy) is 4. The Balaban J connectivity index is 2.02. The van der Waals surface area contributed by atoms with Crippen LogP contribution in [-0.2, 0) is 14.3 Å². The highest BCUT2D eigenvalue weighted by Gasteiger charge is 2.20. The van der Waals surface area contributed by atoms with Gasteiger partial charge in [-0.15, -0.1) is 0 Å². The highest BCUT2D eigenvalue weighted by atomic mass is 16.5. The quantitative estimate of drug-likeness (QED) is 0.204. The largest absolute Gasteiger partial charge is 0.503 e. The normalized spacial score (nSPS) is 10.9. The van der Waals surface area contributed by atoms with E-state index in [4.69, 9.17) is 18.9 Å². The molecule has 0 saturated carbocycles. The second kappa shape index (κ2) is 10.1. The van der Waals surface area contributed by atoms with Crippen LogP contribution in [0.15, 0.2) is 79.1 Å². The van der Waals surface area contributed by atoms with E-state index in [0.717, 1.165) is 0 Å². The zero-order valence-corrected chi connectivity index (χ0v) is 17.5. The molecule has 0 aliphatic carbocycles. The predicted molar refractivity (Wildman–Crippen MR) is 116 cm³/mol. The Kier molecular flexibility index (Phi) is 7.06. The van der Waals surface area contributed by atoms with Crippen LogP contribution < -0.4 is 9.47 Å². The molecule has 0 aliphatic rings. The zero-order chi connectivity index (χ0) is 22.2. The summed E-state index contributed by atoms with van der Waals surface area (Å²) in [6.45, 7) is 1.45. The lowest BCUT2D eigenvalue weighted by molar-refractivity contribution is -0.133. The molecule has 0 fully saturated rings. The Morgan fingerprint density at radius 1 is 0.742 bits per heavy atom. The molecule has 0 atom stereocenters. The van der Waals surface area contributed by atoms with Crippen molar-refractivity contribution in [1.82, 2.24) is 0 Å². The molecule has 31 heavy (non-hydrogen) atoms. The molecule has 6 heteroatoms. The van der Waals surface area contributed by atoms with Gasteiger partial charge in [-0.3, -0.25) is 4.79 Å². The number of esters is 1. The van der Waals surface area contributed by atoms with Crippen LogP contribution in [0.1, 0.15) is 22.8 Å². The van der Waals surface area contributed by atoms with Crippen LogP contribution in [0.4, 0.5) is 0 Å². The Bertz CT molecular complexity index is 1100. The summed E-state index contributed by atoms with van der Waals surface area (Å²) >= 11 is 0. The third-order valence-corrected chi connectivity index (χ3v) is 4.35. The van der Waals surface area contributed by atoms with E-state index in [1.54, 1.807) is 42.5 Å². The Morgan fingerprint density at radius 3 is 2.13 bits per heavy atom. The van der Waals surface area contributed by atoms with E-state index in [1.165, 1.54) is 27.4 Å². The summed E-state index contributed by atoms with van der Waals surface area (Å²) in [5.41, 5.74) is 1.02. The van der Waals surface area contributed by atoms with Crippen molar-refractivity contribution in [3.8, 4) is 23.0 Å². The number of carbonyl (C=O) groups excluding carboxylic acids is 2. The van der Waals surface area contributed by atoms with Crippen molar-refractivity contribution in [3.63, 3.8) is 0 Å². The number of benzene rings is 3. The summed E-state index contributed by atoms with van der Waals surface area (Å²) in [6, 6.07) is 21.2. The molecule has 0 spiro atoms. The molecule has 0 heterocycles. The van der Waals surface area contributed by atoms with Crippen LogP contribution in [0.2, 0.25) is 0 Å². The smallest absolute Gasteiger partial charge is 0.341 e. The highest BCUT2D eigenvalue weighted by molar-refractivity contribution is 6.17. The van der Waals surface area contributed by atoms with E-state index in [9.17, 15) is 9.59 Å². The average molecular weight is 418 g/mol. The minimum atomic E-state index is -0.578. The average Bonchev–Trinajstić information content (AvgIpc) is 2.78. The Hall–Kier alpha value is -4.06. The van der Waals surface area contributed by atoms with Gasteiger partial charge in [0.2, 0.25) is 0 Å². The van der Waals surface area contributed by atoms with E-state index < -0.39 is 5.97 Å². The highest BCUT2D eigenvalue weighted by Crippen LogP contribution is 2.35. The maximum absolute atomic E-state index is 12.2. The minimum absolute atomic E-state index is 0.167. The van der Waals surface area contributed by atoms with Gasteiger partial charge in [-0.05, 0) is 37.3 Å². The van der Waals surface area contributed by atoms with E-state index >= 15 is 0 Å². The first kappa shape index (κ1) is 21.6. The first-order chi connectivity index (χ1) is 15.0. The molecular formula is C25H22O6. The van der Waals surface area contributed by atoms with Crippen LogP contribution >= 0.6 is 0 Å². The number of carbonyl (C=O) groups is 2. The maximum atomic E-state index is 12.2. The van der Waals surface area contributed by atoms with E-state index in [2.05, 4.69) is 0 Å². The molecule has 3 rings (SSSR count). The van der Waals surface area contributed by atoms with E-state index in [1.807, 2.05) is 30.3 Å². The van der Waals surface area contributed by atoms with Gasteiger partial charge in [-0.1, -0.05) is 36.4 Å². The van der Waals surface area contributed by atoms with Crippen LogP contribution in [0.3, 0.4) is 0 Å². The fourth-order valence-corrected chi connectivity index (χ4v) is 2.91. The number of Topliss-reactive ketones (excluding diaryl/α,β-unsaturated/α-hetero) is 1. The molecule has 0 saturated heterocycles. The molecule has 0 radical (unpaired) electrons. The van der Waals surface area contributed by atoms with Crippen molar-refractivity contribution >= 4 is 17.3 Å². The summed E-state index contributed by atoms with van der Waals surface area (Å²) in [5, 5.41) is 0. The summed E-state index contributed by atoms with van der Waals surface area (Å²) in [5.74, 6) is 1.07. The second-order valence-electron chi connectivity index (χ2n) is 6.49. The van der Waals surface area contributed by atoms with Crippen molar-refractivity contribution < 1.29 is 28.5 Å². The topological polar surface area (TPSA) is 71.1 Å². The summed E-state index contributed by atoms with van der Waals surface area (Å²) < 4.78 is 21.9. The van der Waals surface area contributed by atoms with Crippen molar-refractivity contribution in [1.29, 1.82) is 0 Å². The van der Waals surface area contributed by atoms with Gasteiger partial charge < -0.3 is 18.9 Å². The number of hydrogen-bond donors (Lipinski definition) is 0. The molecule has 0 amide bonds.